The predicted molar refractivity (Wildman–Crippen MR) is 124 cm³/mol. The Morgan fingerprint density at radius 1 is 0.968 bits per heavy atom. The van der Waals surface area contributed by atoms with E-state index in [1.54, 1.807) is 28.9 Å². The number of amides is 2. The molecule has 0 spiro atoms. The van der Waals surface area contributed by atoms with Gasteiger partial charge in [-0.3, -0.25) is 9.59 Å². The molecule has 0 N–H and O–H groups in total. The lowest BCUT2D eigenvalue weighted by molar-refractivity contribution is -0.119. The average molecular weight is 505 g/mol. The second kappa shape index (κ2) is 8.74. The van der Waals surface area contributed by atoms with Gasteiger partial charge in [0, 0.05) is 41.8 Å². The third-order valence-electron chi connectivity index (χ3n) is 5.96. The highest BCUT2D eigenvalue weighted by Crippen LogP contribution is 2.36. The first-order valence-electron chi connectivity index (χ1n) is 10.6. The minimum atomic E-state index is -3.71. The minimum Gasteiger partial charge on any atom is -0.312 e. The third-order valence-corrected chi connectivity index (χ3v) is 8.63. The lowest BCUT2D eigenvalue weighted by atomic mass is 10.0. The van der Waals surface area contributed by atoms with Crippen LogP contribution in [0.25, 0.3) is 0 Å². The second-order valence-electron chi connectivity index (χ2n) is 7.91. The number of aryl methyl sites for hydroxylation is 1. The fraction of sp³-hybridized carbons (Fsp3) is 0.391. The van der Waals surface area contributed by atoms with Crippen LogP contribution >= 0.6 is 15.9 Å². The molecule has 2 aliphatic rings. The third kappa shape index (κ3) is 4.28. The van der Waals surface area contributed by atoms with Gasteiger partial charge >= 0.3 is 0 Å². The number of nitrogens with zero attached hydrogens (tertiary/aromatic N) is 2. The lowest BCUT2D eigenvalue weighted by Gasteiger charge is -2.29. The highest BCUT2D eigenvalue weighted by Gasteiger charge is 2.29. The van der Waals surface area contributed by atoms with Crippen LogP contribution in [0, 0.1) is 0 Å². The highest BCUT2D eigenvalue weighted by molar-refractivity contribution is 9.10. The minimum absolute atomic E-state index is 0.0247. The number of anilines is 2. The van der Waals surface area contributed by atoms with E-state index in [4.69, 9.17) is 0 Å². The largest absolute Gasteiger partial charge is 0.312 e. The molecule has 0 saturated carbocycles. The van der Waals surface area contributed by atoms with Crippen LogP contribution in [0.3, 0.4) is 0 Å². The van der Waals surface area contributed by atoms with Crippen molar-refractivity contribution >= 4 is 49.0 Å². The molecule has 2 heterocycles. The van der Waals surface area contributed by atoms with E-state index in [9.17, 15) is 18.0 Å². The first kappa shape index (κ1) is 22.0. The molecule has 0 radical (unpaired) electrons. The van der Waals surface area contributed by atoms with Gasteiger partial charge in [-0.05, 0) is 64.5 Å². The van der Waals surface area contributed by atoms with Crippen molar-refractivity contribution in [1.29, 1.82) is 0 Å². The normalized spacial score (nSPS) is 15.5. The van der Waals surface area contributed by atoms with Crippen molar-refractivity contribution in [2.24, 2.45) is 0 Å². The average Bonchev–Trinajstić information content (AvgIpc) is 3.18. The summed E-state index contributed by atoms with van der Waals surface area (Å²) in [6.07, 6.45) is 2.77. The van der Waals surface area contributed by atoms with Gasteiger partial charge in [0.05, 0.1) is 10.6 Å². The lowest BCUT2D eigenvalue weighted by Crippen LogP contribution is -2.36. The summed E-state index contributed by atoms with van der Waals surface area (Å²) >= 11 is 3.39. The Balaban J connectivity index is 1.54. The molecule has 0 aromatic heterocycles. The number of fused-ring (bicyclic) bond motifs is 2. The molecule has 0 bridgehead atoms. The van der Waals surface area contributed by atoms with Gasteiger partial charge < -0.3 is 9.80 Å². The summed E-state index contributed by atoms with van der Waals surface area (Å²) in [4.78, 5) is 28.6. The quantitative estimate of drug-likeness (QED) is 0.618. The summed E-state index contributed by atoms with van der Waals surface area (Å²) in [6, 6.07) is 11.1. The Kier molecular flexibility index (Phi) is 6.21. The zero-order valence-corrected chi connectivity index (χ0v) is 19.8. The number of hydrogen-bond donors (Lipinski definition) is 0. The van der Waals surface area contributed by atoms with E-state index in [-0.39, 0.29) is 28.9 Å². The number of para-hydroxylation sites is 1. The van der Waals surface area contributed by atoms with Gasteiger partial charge in [0.2, 0.25) is 11.8 Å². The summed E-state index contributed by atoms with van der Waals surface area (Å²) < 4.78 is 26.7. The first-order chi connectivity index (χ1) is 14.8. The van der Waals surface area contributed by atoms with E-state index in [1.165, 1.54) is 0 Å². The van der Waals surface area contributed by atoms with Crippen molar-refractivity contribution < 1.29 is 18.0 Å². The molecule has 2 aliphatic heterocycles. The van der Waals surface area contributed by atoms with Gasteiger partial charge in [-0.25, -0.2) is 8.42 Å². The van der Waals surface area contributed by atoms with E-state index in [0.29, 0.717) is 36.1 Å². The molecule has 2 amide bonds. The number of benzene rings is 2. The summed E-state index contributed by atoms with van der Waals surface area (Å²) in [7, 11) is -3.71. The molecule has 0 fully saturated rings. The van der Waals surface area contributed by atoms with E-state index in [1.807, 2.05) is 24.3 Å². The number of carbonyl (C=O) groups is 2. The Morgan fingerprint density at radius 2 is 1.71 bits per heavy atom. The monoisotopic (exact) mass is 504 g/mol. The maximum atomic E-state index is 13.1. The summed E-state index contributed by atoms with van der Waals surface area (Å²) in [5, 5.41) is 0. The number of sulfone groups is 1. The van der Waals surface area contributed by atoms with Crippen LogP contribution in [0.15, 0.2) is 45.8 Å². The maximum Gasteiger partial charge on any atom is 0.228 e. The van der Waals surface area contributed by atoms with Gasteiger partial charge in [0.25, 0.3) is 0 Å². The molecule has 8 heteroatoms. The molecule has 0 atom stereocenters. The standard InChI is InChI=1S/C23H25BrN2O4S/c1-2-22(27)26-12-9-17-14-18(24)21(15-20(17)26)31(29,30)13-10-23(28)25-11-5-7-16-6-3-4-8-19(16)25/h3-4,6,8,14-15H,2,5,7,9-13H2,1H3. The molecular weight excluding hydrogens is 480 g/mol. The second-order valence-corrected chi connectivity index (χ2v) is 10.8. The first-order valence-corrected chi connectivity index (χ1v) is 13.0. The van der Waals surface area contributed by atoms with Crippen molar-refractivity contribution in [2.45, 2.75) is 43.9 Å². The molecule has 0 saturated heterocycles. The number of rotatable bonds is 5. The van der Waals surface area contributed by atoms with Crippen LogP contribution in [0.5, 0.6) is 0 Å². The van der Waals surface area contributed by atoms with Gasteiger partial charge in [-0.15, -0.1) is 0 Å². The summed E-state index contributed by atoms with van der Waals surface area (Å²) in [5.41, 5.74) is 3.61. The van der Waals surface area contributed by atoms with E-state index in [2.05, 4.69) is 15.9 Å². The van der Waals surface area contributed by atoms with E-state index >= 15 is 0 Å². The van der Waals surface area contributed by atoms with Crippen molar-refractivity contribution in [3.05, 3.63) is 52.0 Å². The maximum absolute atomic E-state index is 13.1. The number of halogens is 1. The van der Waals surface area contributed by atoms with Crippen molar-refractivity contribution in [2.75, 3.05) is 28.6 Å². The zero-order chi connectivity index (χ0) is 22.2. The fourth-order valence-corrected chi connectivity index (χ4v) is 6.78. The Labute approximate surface area is 191 Å². The molecule has 4 rings (SSSR count). The Bertz CT molecular complexity index is 1150. The SMILES string of the molecule is CCC(=O)N1CCc2cc(Br)c(S(=O)(=O)CCC(=O)N3CCCc4ccccc43)cc21. The molecule has 164 valence electrons. The van der Waals surface area contributed by atoms with E-state index < -0.39 is 9.84 Å². The van der Waals surface area contributed by atoms with Crippen LogP contribution in [0.1, 0.15) is 37.3 Å². The smallest absolute Gasteiger partial charge is 0.228 e. The van der Waals surface area contributed by atoms with E-state index in [0.717, 1.165) is 29.7 Å². The zero-order valence-electron chi connectivity index (χ0n) is 17.4. The molecule has 2 aromatic rings. The van der Waals surface area contributed by atoms with Crippen molar-refractivity contribution in [1.82, 2.24) is 0 Å². The predicted octanol–water partition coefficient (Wildman–Crippen LogP) is 3.89. The topological polar surface area (TPSA) is 74.8 Å². The molecule has 2 aromatic carbocycles. The summed E-state index contributed by atoms with van der Waals surface area (Å²) in [5.74, 6) is -0.483. The number of hydrogen-bond acceptors (Lipinski definition) is 4. The van der Waals surface area contributed by atoms with Crippen molar-refractivity contribution in [3.8, 4) is 0 Å². The summed E-state index contributed by atoms with van der Waals surface area (Å²) in [6.45, 7) is 2.96. The van der Waals surface area contributed by atoms with Gasteiger partial charge in [-0.1, -0.05) is 25.1 Å². The van der Waals surface area contributed by atoms with Crippen LogP contribution in [-0.4, -0.2) is 39.1 Å². The van der Waals surface area contributed by atoms with Crippen LogP contribution in [-0.2, 0) is 32.3 Å². The number of carbonyl (C=O) groups excluding carboxylic acids is 2. The van der Waals surface area contributed by atoms with Crippen LogP contribution < -0.4 is 9.80 Å². The molecule has 0 aliphatic carbocycles. The molecule has 31 heavy (non-hydrogen) atoms. The molecular formula is C23H25BrN2O4S. The van der Waals surface area contributed by atoms with Gasteiger partial charge in [0.15, 0.2) is 9.84 Å². The Morgan fingerprint density at radius 3 is 2.48 bits per heavy atom. The van der Waals surface area contributed by atoms with Crippen LogP contribution in [0.4, 0.5) is 11.4 Å². The fourth-order valence-electron chi connectivity index (χ4n) is 4.34. The van der Waals surface area contributed by atoms with Crippen molar-refractivity contribution in [3.63, 3.8) is 0 Å². The highest BCUT2D eigenvalue weighted by atomic mass is 79.9. The van der Waals surface area contributed by atoms with Gasteiger partial charge in [-0.2, -0.15) is 0 Å². The van der Waals surface area contributed by atoms with Gasteiger partial charge in [0.1, 0.15) is 0 Å². The molecule has 6 nitrogen and oxygen atoms in total. The van der Waals surface area contributed by atoms with Crippen LogP contribution in [0.2, 0.25) is 0 Å². The molecule has 0 unspecified atom stereocenters. The Hall–Kier alpha value is -2.19.